The van der Waals surface area contributed by atoms with Crippen molar-refractivity contribution in [2.45, 2.75) is 157 Å². The molecule has 3 aromatic heterocycles. The number of nitrogens with zero attached hydrogens (tertiary/aromatic N) is 5. The van der Waals surface area contributed by atoms with Gasteiger partial charge in [-0.2, -0.15) is 0 Å². The molecule has 13 aromatic carbocycles. The van der Waals surface area contributed by atoms with Crippen molar-refractivity contribution >= 4 is 101 Å². The summed E-state index contributed by atoms with van der Waals surface area (Å²) in [5, 5.41) is -0.312. The first-order valence-corrected chi connectivity index (χ1v) is 39.3. The molecule has 0 bridgehead atoms. The molecule has 0 amide bonds. The highest BCUT2D eigenvalue weighted by molar-refractivity contribution is 7.00. The summed E-state index contributed by atoms with van der Waals surface area (Å²) in [6.07, 6.45) is 0. The minimum absolute atomic E-state index is 0.0555. The lowest BCUT2D eigenvalue weighted by Gasteiger charge is -2.46. The number of hydrogen-bond acceptors (Lipinski definition) is 3. The van der Waals surface area contributed by atoms with Crippen LogP contribution in [0.3, 0.4) is 0 Å². The molecule has 2 aliphatic heterocycles. The van der Waals surface area contributed by atoms with Crippen molar-refractivity contribution in [1.29, 1.82) is 0 Å². The Labute approximate surface area is 691 Å². The Morgan fingerprint density at radius 1 is 0.274 bits per heavy atom. The summed E-state index contributed by atoms with van der Waals surface area (Å²) in [5.41, 5.74) is 18.7. The molecule has 0 atom stereocenters. The standard InChI is InChI=1S/C107H102BN5/c1-102(2,3)73-54-70(55-74(60-73)103(4,5)6)71-56-95-99-96(57-71)113(101-85(69-40-26-21-27-41-69)63-76(105(10,11)12)64-86(101)72-58-97(106(13,14)15)109-98(59-72)107(16,17)18)94-66-78(111-91-48-34-30-44-81(91)82-45-31-35-49-92(82)111)51-53-88(94)108(99)87-52-50-77(110-89-46-32-28-42-79(89)80-43-29-33-47-90(80)110)65-93(87)112(95)100-83(67-36-22-19-23-37-67)61-75(104(7,8)9)62-84(100)68-38-24-20-25-39-68/h19-66H,1-18H3/i28D,29D,30D,31D,32D,33D,34D,35D,42D,43D,44D,45D,46D,47D,48D,49D. The summed E-state index contributed by atoms with van der Waals surface area (Å²) >= 11 is 0. The van der Waals surface area contributed by atoms with Crippen molar-refractivity contribution < 1.29 is 21.9 Å². The van der Waals surface area contributed by atoms with E-state index in [4.69, 9.17) is 4.98 Å². The Balaban J connectivity index is 1.13. The molecule has 5 nitrogen and oxygen atoms in total. The summed E-state index contributed by atoms with van der Waals surface area (Å²) in [4.78, 5) is 10.3. The number of fused-ring (bicyclic) bond motifs is 10. The summed E-state index contributed by atoms with van der Waals surface area (Å²) in [6, 6.07) is 60.0. The molecule has 558 valence electrons. The number of rotatable bonds is 9. The van der Waals surface area contributed by atoms with Crippen molar-refractivity contribution in [3.63, 3.8) is 0 Å². The van der Waals surface area contributed by atoms with Crippen LogP contribution < -0.4 is 26.2 Å². The first kappa shape index (κ1) is 56.5. The number of aromatic nitrogens is 3. The monoisotopic (exact) mass is 1480 g/mol. The van der Waals surface area contributed by atoms with Crippen LogP contribution in [0.2, 0.25) is 0 Å². The lowest BCUT2D eigenvalue weighted by Crippen LogP contribution is -2.61. The average Bonchev–Trinajstić information content (AvgIpc) is 1.29. The topological polar surface area (TPSA) is 29.2 Å². The zero-order valence-corrected chi connectivity index (χ0v) is 67.8. The Morgan fingerprint density at radius 2 is 0.575 bits per heavy atom. The predicted octanol–water partition coefficient (Wildman–Crippen LogP) is 27.5. The SMILES string of the molecule is [2H]c1c([2H])c([2H])c2c(c1[2H])c1c([2H])c([2H])c([2H])c([2H])c1n2-c1ccc2c(c1)N(c1c(-c3ccccc3)cc(C(C)(C)C)cc1-c1ccccc1)c1cc(-c3cc(C(C)(C)C)cc(C(C)(C)C)c3)cc3c1B2c1ccc(-n2c4c([2H])c([2H])c([2H])c([2H])c4c4c([2H])c([2H])c([2H])c([2H])c42)cc1N3c1c(-c2ccccc2)cc(C(C)(C)C)cc1-c1cc(C(C)(C)C)nc(C(C)(C)C)c1. The Morgan fingerprint density at radius 3 is 0.894 bits per heavy atom. The van der Waals surface area contributed by atoms with Gasteiger partial charge in [-0.25, -0.2) is 0 Å². The van der Waals surface area contributed by atoms with E-state index in [-0.39, 0.29) is 43.6 Å². The molecule has 0 spiro atoms. The van der Waals surface area contributed by atoms with Gasteiger partial charge in [0.15, 0.2) is 0 Å². The molecule has 5 heterocycles. The van der Waals surface area contributed by atoms with Gasteiger partial charge >= 0.3 is 0 Å². The van der Waals surface area contributed by atoms with E-state index < -0.39 is 136 Å². The highest BCUT2D eigenvalue weighted by Gasteiger charge is 2.47. The molecule has 18 rings (SSSR count). The second-order valence-electron chi connectivity index (χ2n) is 36.9. The second kappa shape index (κ2) is 26.5. The highest BCUT2D eigenvalue weighted by atomic mass is 15.2. The molecule has 0 unspecified atom stereocenters. The van der Waals surface area contributed by atoms with E-state index in [1.165, 1.54) is 0 Å². The van der Waals surface area contributed by atoms with E-state index in [0.717, 1.165) is 123 Å². The highest BCUT2D eigenvalue weighted by Crippen LogP contribution is 2.57. The van der Waals surface area contributed by atoms with Crippen LogP contribution in [-0.2, 0) is 32.5 Å². The third-order valence-corrected chi connectivity index (χ3v) is 22.9. The molecular formula is C107H102BN5. The number of pyridine rings is 1. The Bertz CT molecular complexity index is 7220. The average molecular weight is 1480 g/mol. The molecule has 0 saturated heterocycles. The van der Waals surface area contributed by atoms with Gasteiger partial charge in [-0.05, 0) is 191 Å². The fraction of sp³-hybridized carbons (Fsp3) is 0.224. The largest absolute Gasteiger partial charge is 0.310 e. The molecule has 0 aliphatic carbocycles. The maximum atomic E-state index is 10.1. The van der Waals surface area contributed by atoms with Crippen molar-refractivity contribution in [3.05, 3.63) is 324 Å². The quantitative estimate of drug-likeness (QED) is 0.135. The third-order valence-electron chi connectivity index (χ3n) is 22.9. The molecular weight excluding hydrogens is 1370 g/mol. The van der Waals surface area contributed by atoms with Crippen LogP contribution in [0, 0.1) is 0 Å². The number of benzene rings is 13. The summed E-state index contributed by atoms with van der Waals surface area (Å²) in [5.74, 6) is 0. The van der Waals surface area contributed by atoms with Crippen LogP contribution >= 0.6 is 0 Å². The van der Waals surface area contributed by atoms with Gasteiger partial charge in [0.25, 0.3) is 6.71 Å². The lowest BCUT2D eigenvalue weighted by atomic mass is 9.33. The Hall–Kier alpha value is -11.7. The molecule has 0 fully saturated rings. The molecule has 113 heavy (non-hydrogen) atoms. The van der Waals surface area contributed by atoms with Crippen LogP contribution in [0.15, 0.2) is 291 Å². The fourth-order valence-electron chi connectivity index (χ4n) is 16.7. The normalized spacial score (nSPS) is 15.3. The zero-order chi connectivity index (χ0) is 92.7. The molecule has 2 aliphatic rings. The lowest BCUT2D eigenvalue weighted by molar-refractivity contribution is 0.531. The van der Waals surface area contributed by atoms with E-state index in [1.807, 2.05) is 78.9 Å². The number of para-hydroxylation sites is 4. The smallest absolute Gasteiger partial charge is 0.252 e. The van der Waals surface area contributed by atoms with Crippen LogP contribution in [0.25, 0.3) is 111 Å². The van der Waals surface area contributed by atoms with E-state index >= 15 is 0 Å². The van der Waals surface area contributed by atoms with Crippen LogP contribution in [0.1, 0.15) is 180 Å². The zero-order valence-electron chi connectivity index (χ0n) is 83.8. The van der Waals surface area contributed by atoms with Crippen molar-refractivity contribution in [3.8, 4) is 67.0 Å². The Kier molecular flexibility index (Phi) is 13.2. The fourth-order valence-corrected chi connectivity index (χ4v) is 16.7. The maximum absolute atomic E-state index is 10.1. The van der Waals surface area contributed by atoms with Crippen LogP contribution in [0.5, 0.6) is 0 Å². The van der Waals surface area contributed by atoms with Crippen molar-refractivity contribution in [2.75, 3.05) is 9.80 Å². The van der Waals surface area contributed by atoms with Gasteiger partial charge in [0.2, 0.25) is 0 Å². The number of hydrogen-bond donors (Lipinski definition) is 0. The molecule has 0 radical (unpaired) electrons. The first-order chi connectivity index (χ1) is 60.5. The van der Waals surface area contributed by atoms with Gasteiger partial charge in [-0.1, -0.05) is 318 Å². The summed E-state index contributed by atoms with van der Waals surface area (Å²) < 4.78 is 157. The van der Waals surface area contributed by atoms with E-state index in [9.17, 15) is 21.9 Å². The minimum atomic E-state index is -0.830. The van der Waals surface area contributed by atoms with Gasteiger partial charge < -0.3 is 18.9 Å². The van der Waals surface area contributed by atoms with E-state index in [0.29, 0.717) is 28.4 Å². The minimum Gasteiger partial charge on any atom is -0.310 e. The van der Waals surface area contributed by atoms with Crippen LogP contribution in [-0.4, -0.2) is 20.8 Å². The number of anilines is 6. The van der Waals surface area contributed by atoms with Gasteiger partial charge in [0.1, 0.15) is 0 Å². The van der Waals surface area contributed by atoms with Gasteiger partial charge in [0.05, 0.1) is 55.4 Å². The maximum Gasteiger partial charge on any atom is 0.252 e. The third kappa shape index (κ3) is 12.5. The van der Waals surface area contributed by atoms with E-state index in [1.54, 1.807) is 9.13 Å². The molecule has 16 aromatic rings. The summed E-state index contributed by atoms with van der Waals surface area (Å²) in [7, 11) is 0. The van der Waals surface area contributed by atoms with Gasteiger partial charge in [0, 0.05) is 100 Å². The second-order valence-corrected chi connectivity index (χ2v) is 36.9. The van der Waals surface area contributed by atoms with Crippen LogP contribution in [0.4, 0.5) is 34.1 Å². The van der Waals surface area contributed by atoms with Crippen molar-refractivity contribution in [1.82, 2.24) is 14.1 Å². The molecule has 0 N–H and O–H groups in total. The molecule has 0 saturated carbocycles. The first-order valence-electron chi connectivity index (χ1n) is 47.3. The predicted molar refractivity (Wildman–Crippen MR) is 486 cm³/mol. The van der Waals surface area contributed by atoms with Crippen molar-refractivity contribution in [2.24, 2.45) is 0 Å². The van der Waals surface area contributed by atoms with Gasteiger partial charge in [-0.3, -0.25) is 4.98 Å². The van der Waals surface area contributed by atoms with Gasteiger partial charge in [-0.15, -0.1) is 0 Å². The van der Waals surface area contributed by atoms with E-state index in [2.05, 4.69) is 250 Å². The summed E-state index contributed by atoms with van der Waals surface area (Å²) in [6.45, 7) is 39.0. The molecule has 6 heteroatoms.